The number of furan rings is 1. The predicted octanol–water partition coefficient (Wildman–Crippen LogP) is 11.4. The Labute approximate surface area is 305 Å². The van der Waals surface area contributed by atoms with E-state index in [1.54, 1.807) is 24.4 Å². The maximum Gasteiger partial charge on any atom is 0.133 e. The zero-order valence-corrected chi connectivity index (χ0v) is 32.6. The van der Waals surface area contributed by atoms with Crippen LogP contribution >= 0.6 is 0 Å². The molecule has 0 aliphatic rings. The maximum atomic E-state index is 14.4. The van der Waals surface area contributed by atoms with Crippen LogP contribution in [0.5, 0.6) is 0 Å². The van der Waals surface area contributed by atoms with E-state index in [0.29, 0.717) is 16.6 Å². The SMILES string of the molecule is Cc1cc(C)c(-c2ccnc(-c3[c-]ccc4c3oc3cccc(F)c34)c2)c(C)c1.[2H]C(C)(C)c1cc(-c2[c-]cccc2)ncc1[Si](C)(C)C.[Ir]. The normalized spacial score (nSPS) is 11.9. The van der Waals surface area contributed by atoms with Crippen molar-refractivity contribution < 1.29 is 30.3 Å². The Morgan fingerprint density at radius 2 is 1.59 bits per heavy atom. The molecule has 4 aromatic carbocycles. The van der Waals surface area contributed by atoms with E-state index in [0.717, 1.165) is 39.0 Å². The second-order valence-corrected chi connectivity index (χ2v) is 18.7. The number of nitrogens with zero attached hydrogens (tertiary/aromatic N) is 2. The van der Waals surface area contributed by atoms with Gasteiger partial charge in [0.05, 0.1) is 13.7 Å². The third-order valence-electron chi connectivity index (χ3n) is 8.62. The van der Waals surface area contributed by atoms with Gasteiger partial charge >= 0.3 is 0 Å². The van der Waals surface area contributed by atoms with Crippen LogP contribution in [-0.2, 0) is 20.1 Å². The molecule has 0 bridgehead atoms. The molecule has 0 amide bonds. The fourth-order valence-corrected chi connectivity index (χ4v) is 8.04. The van der Waals surface area contributed by atoms with Gasteiger partial charge in [-0.25, -0.2) is 4.39 Å². The summed E-state index contributed by atoms with van der Waals surface area (Å²) in [4.78, 5) is 9.18. The molecule has 0 unspecified atom stereocenters. The Bertz CT molecular complexity index is 2280. The quantitative estimate of drug-likeness (QED) is 0.128. The molecule has 49 heavy (non-hydrogen) atoms. The van der Waals surface area contributed by atoms with Crippen LogP contribution in [0.3, 0.4) is 0 Å². The number of pyridine rings is 2. The van der Waals surface area contributed by atoms with Gasteiger partial charge in [0.15, 0.2) is 0 Å². The number of benzene rings is 4. The minimum atomic E-state index is -1.50. The van der Waals surface area contributed by atoms with Crippen molar-refractivity contribution in [2.75, 3.05) is 0 Å². The van der Waals surface area contributed by atoms with E-state index in [-0.39, 0.29) is 25.9 Å². The summed E-state index contributed by atoms with van der Waals surface area (Å²) in [6.07, 6.45) is 3.79. The number of rotatable bonds is 5. The molecule has 7 rings (SSSR count). The van der Waals surface area contributed by atoms with Gasteiger partial charge in [-0.15, -0.1) is 54.1 Å². The molecular weight excluding hydrogens is 800 g/mol. The molecule has 251 valence electrons. The summed E-state index contributed by atoms with van der Waals surface area (Å²) in [5.74, 6) is -0.895. The van der Waals surface area contributed by atoms with Crippen molar-refractivity contribution in [1.82, 2.24) is 9.97 Å². The number of hydrogen-bond acceptors (Lipinski definition) is 3. The van der Waals surface area contributed by atoms with Gasteiger partial charge in [0.25, 0.3) is 0 Å². The standard InChI is InChI=1S/C26H19FNO.C17H22NSi.Ir/c1-15-12-16(2)24(17(3)13-15)18-10-11-28-22(14-18)19-6-4-7-20-25-21(27)8-5-9-23(25)29-26(19)20;1-13(2)15-11-16(14-9-7-6-8-10-14)18-12-17(15)19(3,4)5;/h4-5,7-14H,1-3H3;6-9,11-13H,1-5H3;/q2*-1;/i;13D;. The molecule has 0 aliphatic carbocycles. The first kappa shape index (κ1) is 34.6. The largest absolute Gasteiger partial charge is 0.500 e. The summed E-state index contributed by atoms with van der Waals surface area (Å²) in [7, 11) is -1.50. The van der Waals surface area contributed by atoms with Gasteiger partial charge in [0, 0.05) is 39.3 Å². The van der Waals surface area contributed by atoms with Gasteiger partial charge in [0.2, 0.25) is 0 Å². The van der Waals surface area contributed by atoms with E-state index < -0.39 is 14.0 Å². The third-order valence-corrected chi connectivity index (χ3v) is 10.6. The minimum Gasteiger partial charge on any atom is -0.500 e. The van der Waals surface area contributed by atoms with E-state index >= 15 is 0 Å². The Hall–Kier alpha value is -4.22. The molecule has 0 spiro atoms. The van der Waals surface area contributed by atoms with Crippen LogP contribution in [0.25, 0.3) is 55.6 Å². The van der Waals surface area contributed by atoms with Crippen molar-refractivity contribution in [2.24, 2.45) is 0 Å². The average molecular weight is 842 g/mol. The molecule has 0 saturated carbocycles. The van der Waals surface area contributed by atoms with E-state index in [2.05, 4.69) is 86.8 Å². The fourth-order valence-electron chi connectivity index (χ4n) is 6.46. The smallest absolute Gasteiger partial charge is 0.133 e. The average Bonchev–Trinajstić information content (AvgIpc) is 3.44. The zero-order valence-electron chi connectivity index (χ0n) is 30.3. The van der Waals surface area contributed by atoms with Crippen LogP contribution in [0.4, 0.5) is 4.39 Å². The number of hydrogen-bond donors (Lipinski definition) is 0. The van der Waals surface area contributed by atoms with Crippen molar-refractivity contribution in [1.29, 1.82) is 0 Å². The molecule has 3 heterocycles. The topological polar surface area (TPSA) is 38.9 Å². The molecule has 1 radical (unpaired) electrons. The molecule has 0 fully saturated rings. The van der Waals surface area contributed by atoms with Crippen LogP contribution in [0.15, 0.2) is 102 Å². The minimum absolute atomic E-state index is 0. The van der Waals surface area contributed by atoms with Crippen molar-refractivity contribution in [2.45, 2.75) is 60.2 Å². The summed E-state index contributed by atoms with van der Waals surface area (Å²) in [5, 5.41) is 2.51. The number of aromatic nitrogens is 2. The van der Waals surface area contributed by atoms with Crippen molar-refractivity contribution >= 4 is 35.2 Å². The summed E-state index contributed by atoms with van der Waals surface area (Å²) >= 11 is 0. The van der Waals surface area contributed by atoms with Gasteiger partial charge in [0.1, 0.15) is 11.4 Å². The monoisotopic (exact) mass is 842 g/mol. The predicted molar refractivity (Wildman–Crippen MR) is 201 cm³/mol. The maximum absolute atomic E-state index is 14.4. The second-order valence-electron chi connectivity index (χ2n) is 13.7. The van der Waals surface area contributed by atoms with E-state index in [9.17, 15) is 4.39 Å². The molecule has 3 nitrogen and oxygen atoms in total. The number of halogens is 1. The van der Waals surface area contributed by atoms with Crippen LogP contribution in [0.2, 0.25) is 19.6 Å². The summed E-state index contributed by atoms with van der Waals surface area (Å²) in [5.41, 5.74) is 11.6. The first-order valence-corrected chi connectivity index (χ1v) is 19.8. The van der Waals surface area contributed by atoms with Crippen molar-refractivity contribution in [3.8, 4) is 33.6 Å². The Morgan fingerprint density at radius 3 is 2.27 bits per heavy atom. The first-order valence-electron chi connectivity index (χ1n) is 16.8. The van der Waals surface area contributed by atoms with Gasteiger partial charge < -0.3 is 14.4 Å². The van der Waals surface area contributed by atoms with Gasteiger partial charge in [-0.05, 0) is 83.7 Å². The van der Waals surface area contributed by atoms with Gasteiger partial charge in [-0.2, -0.15) is 0 Å². The molecule has 0 atom stereocenters. The molecule has 0 N–H and O–H groups in total. The number of fused-ring (bicyclic) bond motifs is 3. The zero-order chi connectivity index (χ0) is 35.1. The third kappa shape index (κ3) is 7.52. The van der Waals surface area contributed by atoms with Crippen LogP contribution in [0, 0.1) is 38.7 Å². The van der Waals surface area contributed by atoms with E-state index in [1.807, 2.05) is 56.4 Å². The molecule has 0 saturated heterocycles. The number of aryl methyl sites for hydroxylation is 3. The van der Waals surface area contributed by atoms with E-state index in [1.165, 1.54) is 33.5 Å². The first-order chi connectivity index (χ1) is 23.2. The van der Waals surface area contributed by atoms with Gasteiger partial charge in [-0.1, -0.05) is 85.9 Å². The fraction of sp³-hybridized carbons (Fsp3) is 0.209. The Morgan fingerprint density at radius 1 is 0.837 bits per heavy atom. The van der Waals surface area contributed by atoms with Crippen molar-refractivity contribution in [3.63, 3.8) is 0 Å². The van der Waals surface area contributed by atoms with Crippen LogP contribution in [-0.4, -0.2) is 18.0 Å². The molecule has 3 aromatic heterocycles. The summed E-state index contributed by atoms with van der Waals surface area (Å²) in [6, 6.07) is 33.4. The summed E-state index contributed by atoms with van der Waals surface area (Å²) < 4.78 is 28.9. The second kappa shape index (κ2) is 14.7. The summed E-state index contributed by atoms with van der Waals surface area (Å²) in [6.45, 7) is 17.2. The molecule has 6 heteroatoms. The molecule has 0 aliphatic heterocycles. The van der Waals surface area contributed by atoms with Crippen LogP contribution in [0.1, 0.15) is 43.4 Å². The van der Waals surface area contributed by atoms with E-state index in [4.69, 9.17) is 5.79 Å². The molecule has 7 aromatic rings. The van der Waals surface area contributed by atoms with Crippen LogP contribution < -0.4 is 5.19 Å². The Kier molecular flexibility index (Phi) is 10.4. The Balaban J connectivity index is 0.000000204. The van der Waals surface area contributed by atoms with Crippen molar-refractivity contribution in [3.05, 3.63) is 138 Å². The van der Waals surface area contributed by atoms with Gasteiger partial charge in [-0.3, -0.25) is 0 Å². The molecular formula is C43H41FIrN2OSi-2.